The zero-order chi connectivity index (χ0) is 15.0. The fourth-order valence-electron chi connectivity index (χ4n) is 2.72. The Morgan fingerprint density at radius 2 is 1.90 bits per heavy atom. The van der Waals surface area contributed by atoms with Gasteiger partial charge in [-0.2, -0.15) is 0 Å². The predicted molar refractivity (Wildman–Crippen MR) is 83.6 cm³/mol. The number of aryl methyl sites for hydroxylation is 2. The number of ether oxygens (including phenoxy) is 1. The second-order valence-corrected chi connectivity index (χ2v) is 5.58. The lowest BCUT2D eigenvalue weighted by atomic mass is 10.0. The van der Waals surface area contributed by atoms with E-state index in [1.807, 2.05) is 29.2 Å². The summed E-state index contributed by atoms with van der Waals surface area (Å²) < 4.78 is 5.67. The van der Waals surface area contributed by atoms with Crippen LogP contribution in [0.3, 0.4) is 0 Å². The molecule has 1 heterocycles. The van der Waals surface area contributed by atoms with Crippen LogP contribution in [-0.4, -0.2) is 12.0 Å². The molecule has 1 aliphatic rings. The van der Waals surface area contributed by atoms with Gasteiger partial charge < -0.3 is 9.64 Å². The highest BCUT2D eigenvalue weighted by atomic mass is 16.5. The van der Waals surface area contributed by atoms with Crippen LogP contribution in [0.2, 0.25) is 0 Å². The van der Waals surface area contributed by atoms with E-state index in [1.165, 1.54) is 11.1 Å². The maximum Gasteiger partial charge on any atom is 0.268 e. The van der Waals surface area contributed by atoms with Crippen molar-refractivity contribution in [2.75, 3.05) is 4.90 Å². The Kier molecular flexibility index (Phi) is 3.42. The minimum absolute atomic E-state index is 0.00803. The number of carbonyl (C=O) groups excluding carboxylic acids is 1. The molecule has 1 amide bonds. The lowest BCUT2D eigenvalue weighted by Gasteiger charge is -2.33. The quantitative estimate of drug-likeness (QED) is 0.841. The Morgan fingerprint density at radius 3 is 2.67 bits per heavy atom. The first-order valence-corrected chi connectivity index (χ1v) is 7.19. The van der Waals surface area contributed by atoms with Crippen molar-refractivity contribution < 1.29 is 9.53 Å². The molecule has 2 aromatic carbocycles. The van der Waals surface area contributed by atoms with Crippen molar-refractivity contribution >= 4 is 11.6 Å². The van der Waals surface area contributed by atoms with Crippen molar-refractivity contribution in [3.8, 4) is 5.75 Å². The van der Waals surface area contributed by atoms with Gasteiger partial charge in [0.25, 0.3) is 5.91 Å². The monoisotopic (exact) mass is 281 g/mol. The third kappa shape index (κ3) is 2.51. The van der Waals surface area contributed by atoms with Gasteiger partial charge in [-0.05, 0) is 44.0 Å². The molecule has 0 saturated carbocycles. The highest BCUT2D eigenvalue weighted by molar-refractivity contribution is 5.99. The fourth-order valence-corrected chi connectivity index (χ4v) is 2.72. The van der Waals surface area contributed by atoms with Crippen LogP contribution in [0.1, 0.15) is 23.6 Å². The van der Waals surface area contributed by atoms with Gasteiger partial charge in [-0.25, -0.2) is 0 Å². The molecule has 0 aromatic heterocycles. The summed E-state index contributed by atoms with van der Waals surface area (Å²) in [5, 5.41) is 0. The molecule has 3 heteroatoms. The third-order valence-electron chi connectivity index (χ3n) is 3.90. The molecule has 1 unspecified atom stereocenters. The molecular formula is C18H19NO2. The van der Waals surface area contributed by atoms with Crippen LogP contribution in [0.25, 0.3) is 0 Å². The molecule has 3 nitrogen and oxygen atoms in total. The first kappa shape index (κ1) is 13.7. The van der Waals surface area contributed by atoms with Gasteiger partial charge in [0.1, 0.15) is 5.75 Å². The van der Waals surface area contributed by atoms with Gasteiger partial charge >= 0.3 is 0 Å². The van der Waals surface area contributed by atoms with E-state index in [2.05, 4.69) is 32.0 Å². The van der Waals surface area contributed by atoms with Crippen molar-refractivity contribution in [2.24, 2.45) is 0 Å². The van der Waals surface area contributed by atoms with E-state index in [4.69, 9.17) is 4.74 Å². The summed E-state index contributed by atoms with van der Waals surface area (Å²) in [5.41, 5.74) is 4.45. The molecule has 0 aliphatic carbocycles. The number of fused-ring (bicyclic) bond motifs is 1. The number of benzene rings is 2. The Balaban J connectivity index is 1.99. The minimum atomic E-state index is -0.439. The van der Waals surface area contributed by atoms with E-state index in [0.717, 1.165) is 17.0 Å². The molecule has 3 rings (SSSR count). The smallest absolute Gasteiger partial charge is 0.268 e. The number of rotatable bonds is 2. The van der Waals surface area contributed by atoms with Crippen LogP contribution in [0.4, 0.5) is 5.69 Å². The van der Waals surface area contributed by atoms with E-state index >= 15 is 0 Å². The molecule has 2 aromatic rings. The van der Waals surface area contributed by atoms with Gasteiger partial charge in [0.05, 0.1) is 12.2 Å². The predicted octanol–water partition coefficient (Wildman–Crippen LogP) is 3.62. The van der Waals surface area contributed by atoms with Gasteiger partial charge in [-0.15, -0.1) is 0 Å². The molecule has 0 N–H and O–H groups in total. The molecule has 0 fully saturated rings. The van der Waals surface area contributed by atoms with Crippen molar-refractivity contribution in [3.63, 3.8) is 0 Å². The van der Waals surface area contributed by atoms with Crippen molar-refractivity contribution in [2.45, 2.75) is 33.4 Å². The Bertz CT molecular complexity index is 693. The minimum Gasteiger partial charge on any atom is -0.479 e. The number of hydrogen-bond acceptors (Lipinski definition) is 2. The van der Waals surface area contributed by atoms with Crippen molar-refractivity contribution in [1.82, 2.24) is 0 Å². The van der Waals surface area contributed by atoms with Gasteiger partial charge in [0.15, 0.2) is 6.10 Å². The van der Waals surface area contributed by atoms with Crippen LogP contribution < -0.4 is 9.64 Å². The third-order valence-corrected chi connectivity index (χ3v) is 3.90. The molecule has 1 atom stereocenters. The lowest BCUT2D eigenvalue weighted by Crippen LogP contribution is -2.44. The number of anilines is 1. The normalized spacial score (nSPS) is 17.4. The molecule has 1 aliphatic heterocycles. The van der Waals surface area contributed by atoms with Crippen LogP contribution in [0.5, 0.6) is 5.75 Å². The molecule has 108 valence electrons. The van der Waals surface area contributed by atoms with E-state index in [1.54, 1.807) is 6.92 Å². The van der Waals surface area contributed by atoms with Crippen LogP contribution in [0, 0.1) is 13.8 Å². The molecule has 0 radical (unpaired) electrons. The summed E-state index contributed by atoms with van der Waals surface area (Å²) in [5.74, 6) is 0.781. The number of nitrogens with zero attached hydrogens (tertiary/aromatic N) is 1. The van der Waals surface area contributed by atoms with E-state index in [9.17, 15) is 4.79 Å². The fraction of sp³-hybridized carbons (Fsp3) is 0.278. The van der Waals surface area contributed by atoms with Gasteiger partial charge in [-0.1, -0.05) is 35.9 Å². The Labute approximate surface area is 125 Å². The van der Waals surface area contributed by atoms with Gasteiger partial charge in [0.2, 0.25) is 0 Å². The molecular weight excluding hydrogens is 262 g/mol. The van der Waals surface area contributed by atoms with Crippen LogP contribution in [-0.2, 0) is 11.3 Å². The first-order valence-electron chi connectivity index (χ1n) is 7.19. The number of amides is 1. The zero-order valence-corrected chi connectivity index (χ0v) is 12.6. The summed E-state index contributed by atoms with van der Waals surface area (Å²) >= 11 is 0. The summed E-state index contributed by atoms with van der Waals surface area (Å²) in [6.45, 7) is 6.54. The number of hydrogen-bond donors (Lipinski definition) is 0. The topological polar surface area (TPSA) is 29.5 Å². The molecule has 21 heavy (non-hydrogen) atoms. The Hall–Kier alpha value is -2.29. The zero-order valence-electron chi connectivity index (χ0n) is 12.6. The highest BCUT2D eigenvalue weighted by Gasteiger charge is 2.31. The number of carbonyl (C=O) groups is 1. The largest absolute Gasteiger partial charge is 0.479 e. The average molecular weight is 281 g/mol. The molecule has 0 bridgehead atoms. The standard InChI is InChI=1S/C18H19NO2/c1-12-8-9-15(13(2)10-12)11-19-16-6-4-5-7-17(16)21-14(3)18(19)20/h4-10,14H,11H2,1-3H3. The summed E-state index contributed by atoms with van der Waals surface area (Å²) in [6.07, 6.45) is -0.439. The van der Waals surface area contributed by atoms with Gasteiger partial charge in [0, 0.05) is 0 Å². The summed E-state index contributed by atoms with van der Waals surface area (Å²) in [4.78, 5) is 14.3. The van der Waals surface area contributed by atoms with Crippen LogP contribution in [0.15, 0.2) is 42.5 Å². The van der Waals surface area contributed by atoms with Crippen molar-refractivity contribution in [1.29, 1.82) is 0 Å². The van der Waals surface area contributed by atoms with E-state index in [-0.39, 0.29) is 5.91 Å². The SMILES string of the molecule is Cc1ccc(CN2C(=O)C(C)Oc3ccccc32)c(C)c1. The maximum absolute atomic E-state index is 12.5. The average Bonchev–Trinajstić information content (AvgIpc) is 2.46. The summed E-state index contributed by atoms with van der Waals surface area (Å²) in [7, 11) is 0. The second kappa shape index (κ2) is 5.24. The summed E-state index contributed by atoms with van der Waals surface area (Å²) in [6, 6.07) is 14.0. The van der Waals surface area contributed by atoms with Gasteiger partial charge in [-0.3, -0.25) is 4.79 Å². The second-order valence-electron chi connectivity index (χ2n) is 5.58. The molecule has 0 spiro atoms. The number of para-hydroxylation sites is 2. The van der Waals surface area contributed by atoms with E-state index < -0.39 is 6.10 Å². The van der Waals surface area contributed by atoms with E-state index in [0.29, 0.717) is 6.54 Å². The lowest BCUT2D eigenvalue weighted by molar-refractivity contribution is -0.125. The van der Waals surface area contributed by atoms with Crippen LogP contribution >= 0.6 is 0 Å². The maximum atomic E-state index is 12.5. The highest BCUT2D eigenvalue weighted by Crippen LogP contribution is 2.34. The first-order chi connectivity index (χ1) is 10.1. The molecule has 0 saturated heterocycles. The Morgan fingerprint density at radius 1 is 1.14 bits per heavy atom. The van der Waals surface area contributed by atoms with Crippen molar-refractivity contribution in [3.05, 3.63) is 59.2 Å².